The maximum Gasteiger partial charge on any atom is 0.0669 e. The van der Waals surface area contributed by atoms with E-state index in [0.717, 1.165) is 39.1 Å². The summed E-state index contributed by atoms with van der Waals surface area (Å²) in [6, 6.07) is 2.35. The van der Waals surface area contributed by atoms with Crippen molar-refractivity contribution in [1.82, 2.24) is 4.90 Å². The van der Waals surface area contributed by atoms with Crippen LogP contribution in [0.4, 0.5) is 0 Å². The van der Waals surface area contributed by atoms with Crippen LogP contribution in [0.5, 0.6) is 0 Å². The summed E-state index contributed by atoms with van der Waals surface area (Å²) >= 11 is 0. The van der Waals surface area contributed by atoms with Crippen molar-refractivity contribution in [3.05, 3.63) is 0 Å². The Hall–Kier alpha value is -0.590. The molecule has 1 aliphatic rings. The molecule has 0 saturated carbocycles. The molecule has 1 unspecified atom stereocenters. The number of piperidine rings is 1. The smallest absolute Gasteiger partial charge is 0.0669 e. The molecule has 0 aromatic carbocycles. The molecule has 1 atom stereocenters. The molecule has 14 heavy (non-hydrogen) atoms. The lowest BCUT2D eigenvalue weighted by molar-refractivity contribution is 0.0519. The molecule has 80 valence electrons. The fraction of sp³-hybridized carbons (Fsp3) is 0.909. The molecule has 1 heterocycles. The molecule has 0 aliphatic carbocycles. The standard InChI is InChI=1S/C11H20N2O/c1-10(2)14-7-6-13-5-3-4-11(8-12)9-13/h10-11H,3-7,9H2,1-2H3. The van der Waals surface area contributed by atoms with Gasteiger partial charge >= 0.3 is 0 Å². The van der Waals surface area contributed by atoms with Crippen LogP contribution in [0.15, 0.2) is 0 Å². The Bertz CT molecular complexity index is 198. The van der Waals surface area contributed by atoms with E-state index in [4.69, 9.17) is 10.00 Å². The minimum Gasteiger partial charge on any atom is -0.377 e. The van der Waals surface area contributed by atoms with Gasteiger partial charge in [0.2, 0.25) is 0 Å². The van der Waals surface area contributed by atoms with Crippen LogP contribution in [0, 0.1) is 17.2 Å². The highest BCUT2D eigenvalue weighted by molar-refractivity contribution is 4.88. The zero-order valence-corrected chi connectivity index (χ0v) is 9.20. The Morgan fingerprint density at radius 1 is 1.57 bits per heavy atom. The van der Waals surface area contributed by atoms with Gasteiger partial charge in [-0.15, -0.1) is 0 Å². The molecule has 0 radical (unpaired) electrons. The maximum atomic E-state index is 8.81. The summed E-state index contributed by atoms with van der Waals surface area (Å²) in [4.78, 5) is 2.33. The molecule has 3 heteroatoms. The third-order valence-electron chi connectivity index (χ3n) is 2.55. The first-order valence-electron chi connectivity index (χ1n) is 5.46. The highest BCUT2D eigenvalue weighted by Crippen LogP contribution is 2.14. The number of nitrogens with zero attached hydrogens (tertiary/aromatic N) is 2. The lowest BCUT2D eigenvalue weighted by Gasteiger charge is -2.29. The minimum absolute atomic E-state index is 0.239. The lowest BCUT2D eigenvalue weighted by atomic mass is 10.00. The molecule has 1 rings (SSSR count). The van der Waals surface area contributed by atoms with Crippen molar-refractivity contribution < 1.29 is 4.74 Å². The number of likely N-dealkylation sites (tertiary alicyclic amines) is 1. The van der Waals surface area contributed by atoms with Crippen molar-refractivity contribution >= 4 is 0 Å². The van der Waals surface area contributed by atoms with Crippen LogP contribution in [0.3, 0.4) is 0 Å². The summed E-state index contributed by atoms with van der Waals surface area (Å²) < 4.78 is 5.49. The van der Waals surface area contributed by atoms with Gasteiger partial charge in [0.15, 0.2) is 0 Å². The van der Waals surface area contributed by atoms with E-state index < -0.39 is 0 Å². The maximum absolute atomic E-state index is 8.81. The van der Waals surface area contributed by atoms with Gasteiger partial charge in [-0.05, 0) is 33.2 Å². The third kappa shape index (κ3) is 4.08. The summed E-state index contributed by atoms with van der Waals surface area (Å²) in [7, 11) is 0. The molecule has 1 saturated heterocycles. The average molecular weight is 196 g/mol. The molecule has 1 aliphatic heterocycles. The first-order valence-corrected chi connectivity index (χ1v) is 5.46. The van der Waals surface area contributed by atoms with Crippen molar-refractivity contribution in [3.63, 3.8) is 0 Å². The van der Waals surface area contributed by atoms with Gasteiger partial charge in [-0.25, -0.2) is 0 Å². The van der Waals surface area contributed by atoms with Crippen LogP contribution >= 0.6 is 0 Å². The second kappa shape index (κ2) is 6.00. The molecule has 0 amide bonds. The largest absolute Gasteiger partial charge is 0.377 e. The van der Waals surface area contributed by atoms with Gasteiger partial charge in [0.25, 0.3) is 0 Å². The Labute approximate surface area is 86.6 Å². The molecular formula is C11H20N2O. The summed E-state index contributed by atoms with van der Waals surface area (Å²) in [6.07, 6.45) is 2.53. The van der Waals surface area contributed by atoms with Gasteiger partial charge in [-0.1, -0.05) is 0 Å². The van der Waals surface area contributed by atoms with E-state index in [1.54, 1.807) is 0 Å². The predicted molar refractivity (Wildman–Crippen MR) is 55.9 cm³/mol. The van der Waals surface area contributed by atoms with E-state index >= 15 is 0 Å². The molecule has 1 fully saturated rings. The highest BCUT2D eigenvalue weighted by Gasteiger charge is 2.18. The molecule has 0 N–H and O–H groups in total. The molecule has 0 spiro atoms. The quantitative estimate of drug-likeness (QED) is 0.686. The van der Waals surface area contributed by atoms with E-state index in [9.17, 15) is 0 Å². The Balaban J connectivity index is 2.15. The second-order valence-corrected chi connectivity index (χ2v) is 4.19. The van der Waals surface area contributed by atoms with Crippen LogP contribution in [-0.2, 0) is 4.74 Å². The van der Waals surface area contributed by atoms with Gasteiger partial charge in [0.05, 0.1) is 24.7 Å². The SMILES string of the molecule is CC(C)OCCN1CCCC(C#N)C1. The lowest BCUT2D eigenvalue weighted by Crippen LogP contribution is -2.37. The summed E-state index contributed by atoms with van der Waals surface area (Å²) in [5.74, 6) is 0.239. The van der Waals surface area contributed by atoms with Crippen LogP contribution < -0.4 is 0 Å². The number of nitriles is 1. The highest BCUT2D eigenvalue weighted by atomic mass is 16.5. The first kappa shape index (κ1) is 11.5. The van der Waals surface area contributed by atoms with Gasteiger partial charge in [-0.2, -0.15) is 5.26 Å². The average Bonchev–Trinajstić information content (AvgIpc) is 2.18. The van der Waals surface area contributed by atoms with Crippen molar-refractivity contribution in [1.29, 1.82) is 5.26 Å². The summed E-state index contributed by atoms with van der Waals surface area (Å²) in [5, 5.41) is 8.81. The van der Waals surface area contributed by atoms with E-state index in [2.05, 4.69) is 11.0 Å². The molecule has 0 aromatic heterocycles. The molecular weight excluding hydrogens is 176 g/mol. The van der Waals surface area contributed by atoms with Crippen LogP contribution in [0.2, 0.25) is 0 Å². The first-order chi connectivity index (χ1) is 6.72. The van der Waals surface area contributed by atoms with Gasteiger partial charge in [0.1, 0.15) is 0 Å². The fourth-order valence-electron chi connectivity index (χ4n) is 1.78. The van der Waals surface area contributed by atoms with Crippen LogP contribution in [0.1, 0.15) is 26.7 Å². The Morgan fingerprint density at radius 3 is 3.00 bits per heavy atom. The summed E-state index contributed by atoms with van der Waals surface area (Å²) in [5.41, 5.74) is 0. The topological polar surface area (TPSA) is 36.3 Å². The molecule has 0 aromatic rings. The van der Waals surface area contributed by atoms with Gasteiger partial charge < -0.3 is 4.74 Å². The van der Waals surface area contributed by atoms with Gasteiger partial charge in [-0.3, -0.25) is 4.90 Å². The number of hydrogen-bond acceptors (Lipinski definition) is 3. The second-order valence-electron chi connectivity index (χ2n) is 4.19. The number of hydrogen-bond donors (Lipinski definition) is 0. The van der Waals surface area contributed by atoms with E-state index in [-0.39, 0.29) is 5.92 Å². The van der Waals surface area contributed by atoms with Crippen molar-refractivity contribution in [2.75, 3.05) is 26.2 Å². The molecule has 3 nitrogen and oxygen atoms in total. The van der Waals surface area contributed by atoms with Crippen molar-refractivity contribution in [3.8, 4) is 6.07 Å². The predicted octanol–water partition coefficient (Wildman–Crippen LogP) is 1.65. The van der Waals surface area contributed by atoms with Gasteiger partial charge in [0, 0.05) is 13.1 Å². The van der Waals surface area contributed by atoms with Crippen LogP contribution in [-0.4, -0.2) is 37.2 Å². The van der Waals surface area contributed by atoms with E-state index in [1.807, 2.05) is 13.8 Å². The number of ether oxygens (including phenoxy) is 1. The van der Waals surface area contributed by atoms with Crippen LogP contribution in [0.25, 0.3) is 0 Å². The summed E-state index contributed by atoms with van der Waals surface area (Å²) in [6.45, 7) is 7.91. The Morgan fingerprint density at radius 2 is 2.36 bits per heavy atom. The third-order valence-corrected chi connectivity index (χ3v) is 2.55. The van der Waals surface area contributed by atoms with E-state index in [0.29, 0.717) is 6.10 Å². The fourth-order valence-corrected chi connectivity index (χ4v) is 1.78. The van der Waals surface area contributed by atoms with Crippen molar-refractivity contribution in [2.45, 2.75) is 32.8 Å². The Kier molecular flexibility index (Phi) is 4.92. The zero-order valence-electron chi connectivity index (χ0n) is 9.20. The normalized spacial score (nSPS) is 23.7. The minimum atomic E-state index is 0.239. The zero-order chi connectivity index (χ0) is 10.4. The number of rotatable bonds is 4. The molecule has 0 bridgehead atoms. The monoisotopic (exact) mass is 196 g/mol. The van der Waals surface area contributed by atoms with Crippen molar-refractivity contribution in [2.24, 2.45) is 5.92 Å². The van der Waals surface area contributed by atoms with E-state index in [1.165, 1.54) is 0 Å².